The van der Waals surface area contributed by atoms with Crippen molar-refractivity contribution in [1.82, 2.24) is 10.6 Å². The van der Waals surface area contributed by atoms with Crippen LogP contribution in [0, 0.1) is 0 Å². The molecule has 446 valence electrons. The Morgan fingerprint density at radius 2 is 0.699 bits per heavy atom. The van der Waals surface area contributed by atoms with Crippen LogP contribution in [-0.4, -0.2) is 37.7 Å². The predicted molar refractivity (Wildman–Crippen MR) is 345 cm³/mol. The molecule has 0 radical (unpaired) electrons. The summed E-state index contributed by atoms with van der Waals surface area (Å²) >= 11 is 0. The van der Waals surface area contributed by atoms with E-state index in [1.807, 2.05) is 24.3 Å². The van der Waals surface area contributed by atoms with Crippen LogP contribution >= 0.6 is 0 Å². The normalized spacial score (nSPS) is 12.5. The van der Waals surface area contributed by atoms with Crippen LogP contribution in [0.25, 0.3) is 49.9 Å². The van der Waals surface area contributed by atoms with Gasteiger partial charge >= 0.3 is 6.03 Å². The number of carbonyl (C=O) groups is 3. The van der Waals surface area contributed by atoms with Gasteiger partial charge in [-0.2, -0.15) is 0 Å². The summed E-state index contributed by atoms with van der Waals surface area (Å²) < 4.78 is 26.7. The molecule has 6 aromatic carbocycles. The van der Waals surface area contributed by atoms with Crippen molar-refractivity contribution in [2.45, 2.75) is 220 Å². The van der Waals surface area contributed by atoms with Crippen molar-refractivity contribution in [3.05, 3.63) is 126 Å². The maximum Gasteiger partial charge on any atom is 0.328 e. The summed E-state index contributed by atoms with van der Waals surface area (Å²) in [5.41, 5.74) is 5.89. The first-order valence-corrected chi connectivity index (χ1v) is 32.6. The Morgan fingerprint density at radius 3 is 1.12 bits per heavy atom. The van der Waals surface area contributed by atoms with E-state index in [1.165, 1.54) is 179 Å². The number of fused-ring (bicyclic) bond motifs is 2. The predicted octanol–water partition coefficient (Wildman–Crippen LogP) is 20.6. The summed E-state index contributed by atoms with van der Waals surface area (Å²) in [6, 6.07) is 37.0. The monoisotopic (exact) mass is 1130 g/mol. The zero-order chi connectivity index (χ0) is 58.1. The maximum absolute atomic E-state index is 12.2. The van der Waals surface area contributed by atoms with Crippen LogP contribution < -0.4 is 29.6 Å². The molecule has 9 nitrogen and oxygen atoms in total. The van der Waals surface area contributed by atoms with Crippen molar-refractivity contribution in [3.8, 4) is 45.3 Å². The van der Waals surface area contributed by atoms with Gasteiger partial charge in [-0.05, 0) is 123 Å². The number of nitrogens with one attached hydrogen (secondary N) is 2. The zero-order valence-electron chi connectivity index (χ0n) is 50.9. The zero-order valence-corrected chi connectivity index (χ0v) is 50.9. The summed E-state index contributed by atoms with van der Waals surface area (Å²) in [5.74, 6) is 1.65. The van der Waals surface area contributed by atoms with Crippen LogP contribution in [-0.2, 0) is 16.2 Å². The van der Waals surface area contributed by atoms with Crippen LogP contribution in [0.1, 0.15) is 225 Å². The van der Waals surface area contributed by atoms with Crippen molar-refractivity contribution in [2.75, 3.05) is 19.8 Å². The van der Waals surface area contributed by atoms with Crippen molar-refractivity contribution in [1.29, 1.82) is 0 Å². The molecular formula is C74H98N2O7. The average Bonchev–Trinajstić information content (AvgIpc) is 3.67. The quantitative estimate of drug-likeness (QED) is 0.0223. The molecule has 0 spiro atoms. The molecule has 0 aromatic heterocycles. The highest BCUT2D eigenvalue weighted by atomic mass is 16.5. The molecule has 2 N–H and O–H groups in total. The first-order valence-electron chi connectivity index (χ1n) is 32.6. The highest BCUT2D eigenvalue weighted by Crippen LogP contribution is 2.41. The minimum absolute atomic E-state index is 0.110. The molecule has 1 fully saturated rings. The molecule has 1 aliphatic rings. The third kappa shape index (κ3) is 22.2. The van der Waals surface area contributed by atoms with Gasteiger partial charge in [-0.1, -0.05) is 261 Å². The number of imide groups is 2. The molecule has 4 amide bonds. The minimum atomic E-state index is -0.814. The van der Waals surface area contributed by atoms with E-state index in [4.69, 9.17) is 18.9 Å². The summed E-state index contributed by atoms with van der Waals surface area (Å²) in [4.78, 5) is 35.9. The Kier molecular flexibility index (Phi) is 28.4. The van der Waals surface area contributed by atoms with Crippen molar-refractivity contribution < 1.29 is 33.3 Å². The van der Waals surface area contributed by atoms with Gasteiger partial charge in [-0.3, -0.25) is 20.2 Å². The van der Waals surface area contributed by atoms with E-state index in [1.54, 1.807) is 0 Å². The van der Waals surface area contributed by atoms with Gasteiger partial charge in [0.05, 0.1) is 19.8 Å². The van der Waals surface area contributed by atoms with Gasteiger partial charge in [0, 0.05) is 0 Å². The Labute approximate surface area is 498 Å². The molecule has 0 bridgehead atoms. The highest BCUT2D eigenvalue weighted by molar-refractivity contribution is 6.31. The van der Waals surface area contributed by atoms with Gasteiger partial charge in [0.2, 0.25) is 5.75 Å². The number of rotatable bonds is 42. The van der Waals surface area contributed by atoms with Gasteiger partial charge in [0.1, 0.15) is 17.9 Å². The highest BCUT2D eigenvalue weighted by Gasteiger charge is 2.27. The Morgan fingerprint density at radius 1 is 0.349 bits per heavy atom. The van der Waals surface area contributed by atoms with Crippen LogP contribution in [0.4, 0.5) is 4.79 Å². The molecular weight excluding hydrogens is 1030 g/mol. The second-order valence-corrected chi connectivity index (χ2v) is 23.2. The number of hydrogen-bond acceptors (Lipinski definition) is 7. The van der Waals surface area contributed by atoms with E-state index in [0.717, 1.165) is 91.6 Å². The third-order valence-corrected chi connectivity index (χ3v) is 16.2. The number of unbranched alkanes of at least 4 members (excludes halogenated alkanes) is 27. The van der Waals surface area contributed by atoms with E-state index in [0.29, 0.717) is 32.0 Å². The fraction of sp³-hybridized carbons (Fsp3) is 0.500. The van der Waals surface area contributed by atoms with Gasteiger partial charge in [-0.25, -0.2) is 4.79 Å². The van der Waals surface area contributed by atoms with Gasteiger partial charge in [0.25, 0.3) is 11.8 Å². The van der Waals surface area contributed by atoms with E-state index >= 15 is 0 Å². The molecule has 0 unspecified atom stereocenters. The fourth-order valence-corrected chi connectivity index (χ4v) is 11.2. The Bertz CT molecular complexity index is 2870. The lowest BCUT2D eigenvalue weighted by atomic mass is 9.96. The molecule has 1 aliphatic heterocycles. The lowest BCUT2D eigenvalue weighted by molar-refractivity contribution is -0.123. The van der Waals surface area contributed by atoms with Crippen molar-refractivity contribution >= 4 is 45.5 Å². The van der Waals surface area contributed by atoms with Crippen LogP contribution in [0.5, 0.6) is 23.0 Å². The lowest BCUT2D eigenvalue weighted by Crippen LogP contribution is -2.51. The molecule has 0 saturated carbocycles. The lowest BCUT2D eigenvalue weighted by Gasteiger charge is -2.19. The summed E-state index contributed by atoms with van der Waals surface area (Å²) in [5, 5.41) is 8.72. The van der Waals surface area contributed by atoms with Gasteiger partial charge < -0.3 is 18.9 Å². The van der Waals surface area contributed by atoms with Crippen LogP contribution in [0.3, 0.4) is 0 Å². The summed E-state index contributed by atoms with van der Waals surface area (Å²) in [6.45, 7) is 9.17. The van der Waals surface area contributed by atoms with Crippen LogP contribution in [0.2, 0.25) is 0 Å². The van der Waals surface area contributed by atoms with Gasteiger partial charge in [0.15, 0.2) is 11.5 Å². The molecule has 7 rings (SSSR count). The first kappa shape index (κ1) is 64.0. The number of carbonyl (C=O) groups excluding carboxylic acids is 3. The molecule has 83 heavy (non-hydrogen) atoms. The Hall–Kier alpha value is -6.61. The van der Waals surface area contributed by atoms with E-state index in [9.17, 15) is 14.4 Å². The number of barbiturate groups is 1. The number of urea groups is 1. The maximum atomic E-state index is 12.2. The summed E-state index contributed by atoms with van der Waals surface area (Å²) in [7, 11) is 0. The van der Waals surface area contributed by atoms with Gasteiger partial charge in [-0.15, -0.1) is 0 Å². The van der Waals surface area contributed by atoms with E-state index in [2.05, 4.69) is 116 Å². The number of benzene rings is 6. The molecule has 0 atom stereocenters. The largest absolute Gasteiger partial charge is 0.490 e. The van der Waals surface area contributed by atoms with Crippen LogP contribution in [0.15, 0.2) is 115 Å². The topological polar surface area (TPSA) is 112 Å². The third-order valence-electron chi connectivity index (χ3n) is 16.2. The average molecular weight is 1130 g/mol. The number of amides is 4. The standard InChI is InChI=1S/C74H98N2O7/c1-4-7-10-13-16-19-22-25-28-31-46-80-69-50-58(51-70(81-47-32-29-26-23-20-17-14-11-8-5-2)71(69)82-48-33-30-27-24-21-18-15-12-9-6-3)56-83-67-45-44-65-54-64(42-43-66(65)55-67)63-41-40-61-52-60(38-39-62(61)53-63)59-36-34-57(35-37-59)49-68-72(77)75-74(79)76-73(68)78/h34-45,49-55H,4-33,46-48,56H2,1-3H3,(H2,75,76,77,78,79). The van der Waals surface area contributed by atoms with E-state index < -0.39 is 17.8 Å². The minimum Gasteiger partial charge on any atom is -0.490 e. The molecule has 1 heterocycles. The molecule has 9 heteroatoms. The SMILES string of the molecule is CCCCCCCCCCCCOc1cc(COc2ccc3cc(-c4ccc5cc(-c6ccc(C=C7C(=O)NC(=O)NC7=O)cc6)ccc5c4)ccc3c2)cc(OCCCCCCCCCCCC)c1OCCCCCCCCCCCC. The molecule has 0 aliphatic carbocycles. The number of hydrogen-bond donors (Lipinski definition) is 2. The van der Waals surface area contributed by atoms with Crippen molar-refractivity contribution in [2.24, 2.45) is 0 Å². The number of ether oxygens (including phenoxy) is 4. The van der Waals surface area contributed by atoms with Crippen molar-refractivity contribution in [3.63, 3.8) is 0 Å². The second kappa shape index (κ2) is 36.9. The second-order valence-electron chi connectivity index (χ2n) is 23.2. The van der Waals surface area contributed by atoms with E-state index in [-0.39, 0.29) is 5.57 Å². The molecule has 6 aromatic rings. The Balaban J connectivity index is 0.996. The smallest absolute Gasteiger partial charge is 0.328 e. The fourth-order valence-electron chi connectivity index (χ4n) is 11.2. The first-order chi connectivity index (χ1) is 40.8. The summed E-state index contributed by atoms with van der Waals surface area (Å²) in [6.07, 6.45) is 39.9. The molecule has 1 saturated heterocycles.